The summed E-state index contributed by atoms with van der Waals surface area (Å²) in [5.41, 5.74) is 2.58. The molecule has 3 aromatic carbocycles. The Kier molecular flexibility index (Phi) is 7.66. The lowest BCUT2D eigenvalue weighted by Gasteiger charge is -2.24. The van der Waals surface area contributed by atoms with Crippen molar-refractivity contribution in [1.29, 1.82) is 0 Å². The van der Waals surface area contributed by atoms with Gasteiger partial charge in [0.15, 0.2) is 0 Å². The third-order valence-electron chi connectivity index (χ3n) is 4.85. The SMILES string of the molecule is Cc1ccc(S(=O)(=O)N(CC(=O)Nc2ccc(OC(C)C)cc2)c2ccc(C)c(Cl)c2)cc1. The van der Waals surface area contributed by atoms with Crippen LogP contribution in [0.1, 0.15) is 25.0 Å². The number of benzene rings is 3. The number of sulfonamides is 1. The van der Waals surface area contributed by atoms with Gasteiger partial charge in [-0.25, -0.2) is 8.42 Å². The molecule has 0 saturated carbocycles. The van der Waals surface area contributed by atoms with Gasteiger partial charge in [-0.05, 0) is 81.8 Å². The second-order valence-electron chi connectivity index (χ2n) is 8.00. The summed E-state index contributed by atoms with van der Waals surface area (Å²) in [5, 5.41) is 3.16. The molecule has 3 rings (SSSR count). The van der Waals surface area contributed by atoms with E-state index >= 15 is 0 Å². The molecule has 1 N–H and O–H groups in total. The number of hydrogen-bond acceptors (Lipinski definition) is 4. The maximum Gasteiger partial charge on any atom is 0.264 e. The number of aryl methyl sites for hydroxylation is 2. The number of carbonyl (C=O) groups is 1. The van der Waals surface area contributed by atoms with Crippen molar-refractivity contribution in [3.8, 4) is 5.75 Å². The predicted octanol–water partition coefficient (Wildman–Crippen LogP) is 5.58. The second kappa shape index (κ2) is 10.3. The normalized spacial score (nSPS) is 11.3. The van der Waals surface area contributed by atoms with Gasteiger partial charge in [-0.3, -0.25) is 9.10 Å². The lowest BCUT2D eigenvalue weighted by molar-refractivity contribution is -0.114. The Morgan fingerprint density at radius 3 is 2.21 bits per heavy atom. The van der Waals surface area contributed by atoms with Crippen molar-refractivity contribution in [2.45, 2.75) is 38.7 Å². The molecule has 33 heavy (non-hydrogen) atoms. The molecule has 0 aliphatic rings. The highest BCUT2D eigenvalue weighted by atomic mass is 35.5. The first-order valence-corrected chi connectivity index (χ1v) is 12.3. The van der Waals surface area contributed by atoms with E-state index in [1.54, 1.807) is 54.6 Å². The molecule has 0 radical (unpaired) electrons. The molecule has 1 amide bonds. The fourth-order valence-electron chi connectivity index (χ4n) is 3.11. The Morgan fingerprint density at radius 1 is 1.00 bits per heavy atom. The lowest BCUT2D eigenvalue weighted by Crippen LogP contribution is -2.38. The van der Waals surface area contributed by atoms with Gasteiger partial charge < -0.3 is 10.1 Å². The van der Waals surface area contributed by atoms with Gasteiger partial charge in [-0.2, -0.15) is 0 Å². The zero-order chi connectivity index (χ0) is 24.2. The predicted molar refractivity (Wildman–Crippen MR) is 133 cm³/mol. The number of halogens is 1. The Balaban J connectivity index is 1.88. The molecule has 0 bridgehead atoms. The molecule has 0 spiro atoms. The third kappa shape index (κ3) is 6.27. The fraction of sp³-hybridized carbons (Fsp3) is 0.240. The minimum absolute atomic E-state index is 0.0345. The topological polar surface area (TPSA) is 75.7 Å². The number of ether oxygens (including phenoxy) is 1. The Morgan fingerprint density at radius 2 is 1.64 bits per heavy atom. The van der Waals surface area contributed by atoms with Gasteiger partial charge in [0.05, 0.1) is 16.7 Å². The van der Waals surface area contributed by atoms with Gasteiger partial charge in [0.2, 0.25) is 5.91 Å². The minimum Gasteiger partial charge on any atom is -0.491 e. The molecular weight excluding hydrogens is 460 g/mol. The maximum atomic E-state index is 13.5. The van der Waals surface area contributed by atoms with E-state index < -0.39 is 22.5 Å². The highest BCUT2D eigenvalue weighted by Crippen LogP contribution is 2.28. The van der Waals surface area contributed by atoms with E-state index in [1.807, 2.05) is 27.7 Å². The van der Waals surface area contributed by atoms with Gasteiger partial charge in [-0.15, -0.1) is 0 Å². The van der Waals surface area contributed by atoms with E-state index in [2.05, 4.69) is 5.32 Å². The maximum absolute atomic E-state index is 13.5. The van der Waals surface area contributed by atoms with Gasteiger partial charge in [-0.1, -0.05) is 35.4 Å². The fourth-order valence-corrected chi connectivity index (χ4v) is 4.70. The standard InChI is InChI=1S/C25H27ClN2O4S/c1-17(2)32-22-11-8-20(9-12-22)27-25(29)16-28(21-10-7-19(4)24(26)15-21)33(30,31)23-13-5-18(3)6-14-23/h5-15,17H,16H2,1-4H3,(H,27,29). The molecule has 8 heteroatoms. The van der Waals surface area contributed by atoms with E-state index in [0.717, 1.165) is 15.4 Å². The van der Waals surface area contributed by atoms with E-state index in [9.17, 15) is 13.2 Å². The molecule has 0 aliphatic carbocycles. The van der Waals surface area contributed by atoms with Crippen LogP contribution in [0.5, 0.6) is 5.75 Å². The number of hydrogen-bond donors (Lipinski definition) is 1. The summed E-state index contributed by atoms with van der Waals surface area (Å²) >= 11 is 6.26. The second-order valence-corrected chi connectivity index (χ2v) is 10.3. The highest BCUT2D eigenvalue weighted by Gasteiger charge is 2.27. The summed E-state index contributed by atoms with van der Waals surface area (Å²) < 4.78 is 33.6. The van der Waals surface area contributed by atoms with E-state index in [0.29, 0.717) is 22.1 Å². The lowest BCUT2D eigenvalue weighted by atomic mass is 10.2. The zero-order valence-electron chi connectivity index (χ0n) is 19.0. The molecule has 0 heterocycles. The summed E-state index contributed by atoms with van der Waals surface area (Å²) in [6.45, 7) is 7.13. The van der Waals surface area contributed by atoms with Crippen LogP contribution in [0.15, 0.2) is 71.6 Å². The quantitative estimate of drug-likeness (QED) is 0.451. The van der Waals surface area contributed by atoms with Gasteiger partial charge in [0, 0.05) is 10.7 Å². The summed E-state index contributed by atoms with van der Waals surface area (Å²) in [7, 11) is -4.01. The molecule has 0 fully saturated rings. The first-order chi connectivity index (χ1) is 15.6. The van der Waals surface area contributed by atoms with Crippen LogP contribution in [-0.4, -0.2) is 27.0 Å². The number of carbonyl (C=O) groups excluding carboxylic acids is 1. The van der Waals surface area contributed by atoms with Crippen LogP contribution >= 0.6 is 11.6 Å². The highest BCUT2D eigenvalue weighted by molar-refractivity contribution is 7.92. The Hall–Kier alpha value is -3.03. The largest absolute Gasteiger partial charge is 0.491 e. The third-order valence-corrected chi connectivity index (χ3v) is 7.04. The van der Waals surface area contributed by atoms with Crippen LogP contribution in [0, 0.1) is 13.8 Å². The molecule has 0 saturated heterocycles. The molecule has 6 nitrogen and oxygen atoms in total. The molecule has 174 valence electrons. The van der Waals surface area contributed by atoms with Crippen molar-refractivity contribution in [1.82, 2.24) is 0 Å². The van der Waals surface area contributed by atoms with Crippen molar-refractivity contribution >= 4 is 38.9 Å². The number of nitrogens with one attached hydrogen (secondary N) is 1. The Labute approximate surface area is 200 Å². The average molecular weight is 487 g/mol. The summed E-state index contributed by atoms with van der Waals surface area (Å²) in [6.07, 6.45) is 0.0345. The monoisotopic (exact) mass is 486 g/mol. The van der Waals surface area contributed by atoms with Crippen LogP contribution in [-0.2, 0) is 14.8 Å². The van der Waals surface area contributed by atoms with Crippen LogP contribution in [0.3, 0.4) is 0 Å². The number of anilines is 2. The number of amides is 1. The summed E-state index contributed by atoms with van der Waals surface area (Å²) in [6, 6.07) is 18.3. The zero-order valence-corrected chi connectivity index (χ0v) is 20.6. The van der Waals surface area contributed by atoms with Crippen molar-refractivity contribution in [2.24, 2.45) is 0 Å². The van der Waals surface area contributed by atoms with Crippen LogP contribution in [0.25, 0.3) is 0 Å². The van der Waals surface area contributed by atoms with E-state index in [4.69, 9.17) is 16.3 Å². The molecule has 0 aliphatic heterocycles. The molecule has 0 unspecified atom stereocenters. The Bertz CT molecular complexity index is 1220. The van der Waals surface area contributed by atoms with Crippen molar-refractivity contribution in [3.05, 3.63) is 82.9 Å². The van der Waals surface area contributed by atoms with Gasteiger partial charge >= 0.3 is 0 Å². The summed E-state index contributed by atoms with van der Waals surface area (Å²) in [5.74, 6) is 0.195. The van der Waals surface area contributed by atoms with Crippen molar-refractivity contribution in [2.75, 3.05) is 16.2 Å². The van der Waals surface area contributed by atoms with E-state index in [1.165, 1.54) is 12.1 Å². The van der Waals surface area contributed by atoms with Crippen LogP contribution < -0.4 is 14.4 Å². The van der Waals surface area contributed by atoms with Gasteiger partial charge in [0.25, 0.3) is 10.0 Å². The molecule has 3 aromatic rings. The van der Waals surface area contributed by atoms with Crippen LogP contribution in [0.4, 0.5) is 11.4 Å². The van der Waals surface area contributed by atoms with Crippen molar-refractivity contribution < 1.29 is 17.9 Å². The first-order valence-electron chi connectivity index (χ1n) is 10.5. The molecule has 0 atom stereocenters. The summed E-state index contributed by atoms with van der Waals surface area (Å²) in [4.78, 5) is 13.0. The first kappa shape index (κ1) is 24.6. The number of rotatable bonds is 8. The molecular formula is C25H27ClN2O4S. The van der Waals surface area contributed by atoms with E-state index in [-0.39, 0.29) is 11.0 Å². The van der Waals surface area contributed by atoms with Crippen LogP contribution in [0.2, 0.25) is 5.02 Å². The molecule has 0 aromatic heterocycles. The average Bonchev–Trinajstić information content (AvgIpc) is 2.75. The van der Waals surface area contributed by atoms with Crippen molar-refractivity contribution in [3.63, 3.8) is 0 Å². The minimum atomic E-state index is -4.01. The smallest absolute Gasteiger partial charge is 0.264 e. The van der Waals surface area contributed by atoms with Gasteiger partial charge in [0.1, 0.15) is 12.3 Å². The number of nitrogens with zero attached hydrogens (tertiary/aromatic N) is 1.